The maximum atomic E-state index is 12.3. The molecule has 5 nitrogen and oxygen atoms in total. The summed E-state index contributed by atoms with van der Waals surface area (Å²) in [7, 11) is 0. The molecule has 2 amide bonds. The molecule has 0 spiro atoms. The second-order valence-corrected chi connectivity index (χ2v) is 8.67. The number of fused-ring (bicyclic) bond motifs is 1. The Kier molecular flexibility index (Phi) is 6.06. The second kappa shape index (κ2) is 8.90. The van der Waals surface area contributed by atoms with Crippen LogP contribution in [0.1, 0.15) is 29.0 Å². The first kappa shape index (κ1) is 20.4. The number of carbonyl (C=O) groups is 1. The summed E-state index contributed by atoms with van der Waals surface area (Å²) in [6, 6.07) is 10.6. The molecule has 0 bridgehead atoms. The zero-order chi connectivity index (χ0) is 21.1. The minimum atomic E-state index is -0.311. The number of benzene rings is 2. The van der Waals surface area contributed by atoms with Crippen LogP contribution in [0.3, 0.4) is 0 Å². The highest BCUT2D eigenvalue weighted by Gasteiger charge is 2.08. The largest absolute Gasteiger partial charge is 0.486 e. The van der Waals surface area contributed by atoms with Crippen LogP contribution in [0.4, 0.5) is 16.2 Å². The van der Waals surface area contributed by atoms with Crippen molar-refractivity contribution in [3.63, 3.8) is 0 Å². The van der Waals surface area contributed by atoms with Crippen molar-refractivity contribution in [1.29, 1.82) is 0 Å². The van der Waals surface area contributed by atoms with E-state index >= 15 is 0 Å². The SMILES string of the molecule is Cc1cc(NC(=O)Nc2ccc(OCc3nc4c(s3)=CCCC=4)cc2C)ccc1Cl. The number of ether oxygens (including phenoxy) is 1. The van der Waals surface area contributed by atoms with Gasteiger partial charge < -0.3 is 15.4 Å². The van der Waals surface area contributed by atoms with E-state index in [-0.39, 0.29) is 6.03 Å². The predicted octanol–water partition coefficient (Wildman–Crippen LogP) is 4.99. The van der Waals surface area contributed by atoms with Crippen molar-refractivity contribution in [1.82, 2.24) is 4.98 Å². The van der Waals surface area contributed by atoms with Gasteiger partial charge in [-0.2, -0.15) is 0 Å². The number of hydrogen-bond acceptors (Lipinski definition) is 4. The van der Waals surface area contributed by atoms with Crippen LogP contribution in [0.2, 0.25) is 5.02 Å². The molecule has 0 radical (unpaired) electrons. The number of anilines is 2. The van der Waals surface area contributed by atoms with E-state index in [0.717, 1.165) is 45.8 Å². The summed E-state index contributed by atoms with van der Waals surface area (Å²) in [5.74, 6) is 0.743. The second-order valence-electron chi connectivity index (χ2n) is 7.15. The number of halogens is 1. The van der Waals surface area contributed by atoms with E-state index in [9.17, 15) is 4.79 Å². The van der Waals surface area contributed by atoms with Gasteiger partial charge in [0.1, 0.15) is 17.4 Å². The standard InChI is InChI=1S/C23H22ClN3O2S/c1-14-11-16(7-9-18(14)24)25-23(28)27-19-10-8-17(12-15(19)2)29-13-22-26-20-5-3-4-6-21(20)30-22/h5-12H,3-4,13H2,1-2H3,(H2,25,27,28). The number of nitrogens with one attached hydrogen (secondary N) is 2. The molecule has 0 fully saturated rings. The summed E-state index contributed by atoms with van der Waals surface area (Å²) in [5, 5.41) is 8.39. The molecule has 1 aromatic heterocycles. The van der Waals surface area contributed by atoms with Crippen LogP contribution in [0.5, 0.6) is 5.75 Å². The van der Waals surface area contributed by atoms with E-state index in [1.54, 1.807) is 23.5 Å². The fraction of sp³-hybridized carbons (Fsp3) is 0.217. The molecular formula is C23H22ClN3O2S. The maximum absolute atomic E-state index is 12.3. The average Bonchev–Trinajstić information content (AvgIpc) is 3.14. The molecule has 2 N–H and O–H groups in total. The van der Waals surface area contributed by atoms with Gasteiger partial charge in [0.05, 0.1) is 9.88 Å². The van der Waals surface area contributed by atoms with Gasteiger partial charge in [-0.15, -0.1) is 11.3 Å². The van der Waals surface area contributed by atoms with Crippen LogP contribution in [0.15, 0.2) is 36.4 Å². The molecule has 30 heavy (non-hydrogen) atoms. The lowest BCUT2D eigenvalue weighted by molar-refractivity contribution is 0.262. The van der Waals surface area contributed by atoms with Gasteiger partial charge in [0, 0.05) is 16.4 Å². The van der Waals surface area contributed by atoms with E-state index < -0.39 is 0 Å². The lowest BCUT2D eigenvalue weighted by Gasteiger charge is -2.12. The lowest BCUT2D eigenvalue weighted by atomic mass is 10.2. The fourth-order valence-electron chi connectivity index (χ4n) is 3.20. The van der Waals surface area contributed by atoms with Gasteiger partial charge in [-0.25, -0.2) is 9.78 Å². The molecule has 1 aliphatic rings. The third-order valence-electron chi connectivity index (χ3n) is 4.78. The van der Waals surface area contributed by atoms with Crippen molar-refractivity contribution in [2.75, 3.05) is 10.6 Å². The van der Waals surface area contributed by atoms with Gasteiger partial charge in [0.2, 0.25) is 0 Å². The van der Waals surface area contributed by atoms with Gasteiger partial charge in [0.25, 0.3) is 0 Å². The summed E-state index contributed by atoms with van der Waals surface area (Å²) in [5.41, 5.74) is 3.23. The van der Waals surface area contributed by atoms with Crippen LogP contribution in [0, 0.1) is 13.8 Å². The van der Waals surface area contributed by atoms with Crippen LogP contribution in [0.25, 0.3) is 12.2 Å². The number of carbonyl (C=O) groups excluding carboxylic acids is 1. The molecule has 0 atom stereocenters. The highest BCUT2D eigenvalue weighted by atomic mass is 35.5. The zero-order valence-electron chi connectivity index (χ0n) is 16.8. The topological polar surface area (TPSA) is 63.2 Å². The molecule has 3 aromatic rings. The summed E-state index contributed by atoms with van der Waals surface area (Å²) in [6.07, 6.45) is 6.54. The Hall–Kier alpha value is -2.83. The third kappa shape index (κ3) is 4.83. The Morgan fingerprint density at radius 1 is 1.10 bits per heavy atom. The van der Waals surface area contributed by atoms with Gasteiger partial charge >= 0.3 is 6.03 Å². The van der Waals surface area contributed by atoms with Gasteiger partial charge in [-0.3, -0.25) is 0 Å². The lowest BCUT2D eigenvalue weighted by Crippen LogP contribution is -2.22. The van der Waals surface area contributed by atoms with Crippen molar-refractivity contribution in [2.45, 2.75) is 33.3 Å². The molecule has 0 saturated carbocycles. The van der Waals surface area contributed by atoms with Crippen LogP contribution in [-0.4, -0.2) is 11.0 Å². The number of nitrogens with zero attached hydrogens (tertiary/aromatic N) is 1. The molecule has 154 valence electrons. The van der Waals surface area contributed by atoms with E-state index in [1.165, 1.54) is 4.53 Å². The quantitative estimate of drug-likeness (QED) is 0.588. The van der Waals surface area contributed by atoms with E-state index in [0.29, 0.717) is 17.3 Å². The van der Waals surface area contributed by atoms with Gasteiger partial charge in [-0.1, -0.05) is 23.8 Å². The molecule has 0 unspecified atom stereocenters. The normalized spacial score (nSPS) is 12.4. The average molecular weight is 440 g/mol. The zero-order valence-corrected chi connectivity index (χ0v) is 18.4. The number of thiazole rings is 1. The number of amides is 2. The van der Waals surface area contributed by atoms with Crippen molar-refractivity contribution in [3.05, 3.63) is 67.4 Å². The van der Waals surface area contributed by atoms with Crippen molar-refractivity contribution < 1.29 is 9.53 Å². The minimum absolute atomic E-state index is 0.311. The first-order chi connectivity index (χ1) is 14.5. The van der Waals surface area contributed by atoms with Crippen LogP contribution < -0.4 is 25.3 Å². The molecule has 1 aliphatic carbocycles. The Morgan fingerprint density at radius 2 is 1.93 bits per heavy atom. The van der Waals surface area contributed by atoms with Crippen molar-refractivity contribution >= 4 is 52.5 Å². The summed E-state index contributed by atoms with van der Waals surface area (Å²) in [4.78, 5) is 17.0. The molecule has 7 heteroatoms. The first-order valence-electron chi connectivity index (χ1n) is 9.71. The van der Waals surface area contributed by atoms with E-state index in [2.05, 4.69) is 27.8 Å². The number of rotatable bonds is 5. The predicted molar refractivity (Wildman–Crippen MR) is 124 cm³/mol. The number of urea groups is 1. The Bertz CT molecular complexity index is 1190. The van der Waals surface area contributed by atoms with Crippen LogP contribution >= 0.6 is 22.9 Å². The number of hydrogen-bond donors (Lipinski definition) is 2. The molecule has 2 aromatic carbocycles. The summed E-state index contributed by atoms with van der Waals surface area (Å²) in [6.45, 7) is 4.26. The highest BCUT2D eigenvalue weighted by molar-refractivity contribution is 7.09. The molecule has 0 saturated heterocycles. The van der Waals surface area contributed by atoms with Crippen molar-refractivity contribution in [2.24, 2.45) is 0 Å². The van der Waals surface area contributed by atoms with E-state index in [4.69, 9.17) is 16.3 Å². The van der Waals surface area contributed by atoms with Crippen molar-refractivity contribution in [3.8, 4) is 5.75 Å². The maximum Gasteiger partial charge on any atom is 0.323 e. The Labute approximate surface area is 184 Å². The first-order valence-corrected chi connectivity index (χ1v) is 10.9. The van der Waals surface area contributed by atoms with Gasteiger partial charge in [0.15, 0.2) is 0 Å². The molecular weight excluding hydrogens is 418 g/mol. The summed E-state index contributed by atoms with van der Waals surface area (Å²) < 4.78 is 7.14. The van der Waals surface area contributed by atoms with Gasteiger partial charge in [-0.05, 0) is 74.2 Å². The fourth-order valence-corrected chi connectivity index (χ4v) is 4.27. The Balaban J connectivity index is 1.37. The van der Waals surface area contributed by atoms with Crippen LogP contribution in [-0.2, 0) is 6.61 Å². The number of aromatic nitrogens is 1. The summed E-state index contributed by atoms with van der Waals surface area (Å²) >= 11 is 7.70. The smallest absolute Gasteiger partial charge is 0.323 e. The number of aryl methyl sites for hydroxylation is 2. The molecule has 0 aliphatic heterocycles. The third-order valence-corrected chi connectivity index (χ3v) is 6.25. The van der Waals surface area contributed by atoms with E-state index in [1.807, 2.05) is 38.1 Å². The molecule has 1 heterocycles. The highest BCUT2D eigenvalue weighted by Crippen LogP contribution is 2.23. The minimum Gasteiger partial charge on any atom is -0.486 e. The monoisotopic (exact) mass is 439 g/mol. The molecule has 4 rings (SSSR count). The Morgan fingerprint density at radius 3 is 2.70 bits per heavy atom.